The number of amides is 1. The zero-order valence-electron chi connectivity index (χ0n) is 17.1. The first-order valence-corrected chi connectivity index (χ1v) is 9.55. The normalized spacial score (nSPS) is 17.7. The minimum absolute atomic E-state index is 0.00940. The van der Waals surface area contributed by atoms with Crippen molar-refractivity contribution in [1.29, 1.82) is 0 Å². The maximum atomic E-state index is 12.8. The number of nitrogens with zero attached hydrogens (tertiary/aromatic N) is 2. The Morgan fingerprint density at radius 2 is 1.59 bits per heavy atom. The zero-order valence-corrected chi connectivity index (χ0v) is 17.1. The fraction of sp³-hybridized carbons (Fsp3) is 0.409. The molecule has 1 heterocycles. The molecule has 0 radical (unpaired) electrons. The molecule has 0 aromatic heterocycles. The lowest BCUT2D eigenvalue weighted by Crippen LogP contribution is -2.36. The molecule has 1 N–H and O–H groups in total. The first kappa shape index (κ1) is 21.0. The molecule has 29 heavy (non-hydrogen) atoms. The van der Waals surface area contributed by atoms with Crippen LogP contribution in [0.25, 0.3) is 0 Å². The maximum Gasteiger partial charge on any atom is 0.237 e. The third-order valence-corrected chi connectivity index (χ3v) is 5.01. The fourth-order valence-corrected chi connectivity index (χ4v) is 3.60. The predicted octanol–water partition coefficient (Wildman–Crippen LogP) is 1.92. The Labute approximate surface area is 171 Å². The number of aliphatic hydroxyl groups is 1. The average molecular weight is 400 g/mol. The number of methoxy groups -OCH3 is 3. The van der Waals surface area contributed by atoms with E-state index in [0.29, 0.717) is 43.4 Å². The van der Waals surface area contributed by atoms with Crippen molar-refractivity contribution in [1.82, 2.24) is 9.80 Å². The number of β-amino-alcohol motifs (C(OH)–C–C–N with tert-alkyl or cyclic N) is 1. The van der Waals surface area contributed by atoms with E-state index in [-0.39, 0.29) is 12.5 Å². The Morgan fingerprint density at radius 3 is 2.24 bits per heavy atom. The Balaban J connectivity index is 1.76. The van der Waals surface area contributed by atoms with Crippen LogP contribution in [0.1, 0.15) is 11.1 Å². The molecule has 2 aromatic rings. The summed E-state index contributed by atoms with van der Waals surface area (Å²) in [6.45, 7) is 1.87. The molecule has 0 saturated carbocycles. The highest BCUT2D eigenvalue weighted by molar-refractivity contribution is 5.78. The van der Waals surface area contributed by atoms with Crippen molar-refractivity contribution < 1.29 is 24.1 Å². The van der Waals surface area contributed by atoms with Crippen LogP contribution in [0.15, 0.2) is 42.5 Å². The Kier molecular flexibility index (Phi) is 6.95. The van der Waals surface area contributed by atoms with Crippen LogP contribution in [0.5, 0.6) is 17.2 Å². The topological polar surface area (TPSA) is 71.5 Å². The van der Waals surface area contributed by atoms with Crippen LogP contribution in [-0.4, -0.2) is 67.9 Å². The van der Waals surface area contributed by atoms with Crippen molar-refractivity contribution >= 4 is 5.91 Å². The van der Waals surface area contributed by atoms with E-state index in [1.807, 2.05) is 41.3 Å². The quantitative estimate of drug-likeness (QED) is 0.766. The average Bonchev–Trinajstić information content (AvgIpc) is 2.85. The van der Waals surface area contributed by atoms with Gasteiger partial charge in [0.15, 0.2) is 11.5 Å². The van der Waals surface area contributed by atoms with Gasteiger partial charge in [-0.1, -0.05) is 30.3 Å². The van der Waals surface area contributed by atoms with Crippen molar-refractivity contribution in [3.05, 3.63) is 53.6 Å². The molecule has 7 heteroatoms. The third kappa shape index (κ3) is 5.19. The Bertz CT molecular complexity index is 827. The summed E-state index contributed by atoms with van der Waals surface area (Å²) >= 11 is 0. The molecule has 0 aliphatic carbocycles. The summed E-state index contributed by atoms with van der Waals surface area (Å²) in [7, 11) is 4.74. The Morgan fingerprint density at radius 1 is 0.931 bits per heavy atom. The minimum atomic E-state index is -0.628. The van der Waals surface area contributed by atoms with Gasteiger partial charge in [-0.05, 0) is 11.6 Å². The Hall–Kier alpha value is -2.77. The SMILES string of the molecule is COc1cc(OC)c(OC)cc1CN1CC(=O)N(Cc2ccccc2)CC(O)C1. The number of aliphatic hydroxyl groups excluding tert-OH is 1. The lowest BCUT2D eigenvalue weighted by Gasteiger charge is -2.23. The van der Waals surface area contributed by atoms with E-state index in [1.165, 1.54) is 0 Å². The van der Waals surface area contributed by atoms with Gasteiger partial charge in [0.25, 0.3) is 0 Å². The predicted molar refractivity (Wildman–Crippen MR) is 109 cm³/mol. The van der Waals surface area contributed by atoms with E-state index < -0.39 is 6.10 Å². The van der Waals surface area contributed by atoms with E-state index >= 15 is 0 Å². The largest absolute Gasteiger partial charge is 0.496 e. The molecule has 2 aromatic carbocycles. The van der Waals surface area contributed by atoms with Crippen molar-refractivity contribution in [3.63, 3.8) is 0 Å². The number of carbonyl (C=O) groups excluding carboxylic acids is 1. The molecule has 3 rings (SSSR count). The van der Waals surface area contributed by atoms with Gasteiger partial charge < -0.3 is 24.2 Å². The van der Waals surface area contributed by atoms with Gasteiger partial charge in [-0.3, -0.25) is 9.69 Å². The molecule has 156 valence electrons. The van der Waals surface area contributed by atoms with Crippen LogP contribution in [0.3, 0.4) is 0 Å². The smallest absolute Gasteiger partial charge is 0.237 e. The molecule has 1 fully saturated rings. The summed E-state index contributed by atoms with van der Waals surface area (Å²) in [4.78, 5) is 16.5. The van der Waals surface area contributed by atoms with Crippen molar-refractivity contribution in [2.24, 2.45) is 0 Å². The third-order valence-electron chi connectivity index (χ3n) is 5.01. The second-order valence-electron chi connectivity index (χ2n) is 7.10. The number of carbonyl (C=O) groups is 1. The highest BCUT2D eigenvalue weighted by Crippen LogP contribution is 2.35. The monoisotopic (exact) mass is 400 g/mol. The highest BCUT2D eigenvalue weighted by Gasteiger charge is 2.27. The van der Waals surface area contributed by atoms with E-state index in [0.717, 1.165) is 11.1 Å². The first-order valence-electron chi connectivity index (χ1n) is 9.55. The van der Waals surface area contributed by atoms with E-state index in [9.17, 15) is 9.90 Å². The fourth-order valence-electron chi connectivity index (χ4n) is 3.60. The van der Waals surface area contributed by atoms with Gasteiger partial charge in [-0.15, -0.1) is 0 Å². The van der Waals surface area contributed by atoms with E-state index in [4.69, 9.17) is 14.2 Å². The zero-order chi connectivity index (χ0) is 20.8. The second-order valence-corrected chi connectivity index (χ2v) is 7.10. The highest BCUT2D eigenvalue weighted by atomic mass is 16.5. The van der Waals surface area contributed by atoms with Crippen LogP contribution in [-0.2, 0) is 17.9 Å². The molecule has 1 aliphatic rings. The van der Waals surface area contributed by atoms with Gasteiger partial charge in [0, 0.05) is 37.8 Å². The number of benzene rings is 2. The van der Waals surface area contributed by atoms with E-state index in [1.54, 1.807) is 32.3 Å². The molecule has 1 atom stereocenters. The van der Waals surface area contributed by atoms with E-state index in [2.05, 4.69) is 0 Å². The number of rotatable bonds is 7. The molecule has 1 saturated heterocycles. The molecule has 0 spiro atoms. The van der Waals surface area contributed by atoms with Gasteiger partial charge in [-0.2, -0.15) is 0 Å². The van der Waals surface area contributed by atoms with Gasteiger partial charge in [0.05, 0.1) is 34.0 Å². The van der Waals surface area contributed by atoms with Crippen molar-refractivity contribution in [2.45, 2.75) is 19.2 Å². The van der Waals surface area contributed by atoms with Crippen LogP contribution in [0.2, 0.25) is 0 Å². The van der Waals surface area contributed by atoms with Crippen molar-refractivity contribution in [3.8, 4) is 17.2 Å². The summed E-state index contributed by atoms with van der Waals surface area (Å²) in [6, 6.07) is 13.4. The van der Waals surface area contributed by atoms with Gasteiger partial charge in [0.2, 0.25) is 5.91 Å². The molecular weight excluding hydrogens is 372 g/mol. The van der Waals surface area contributed by atoms with Crippen LogP contribution in [0, 0.1) is 0 Å². The first-order chi connectivity index (χ1) is 14.0. The van der Waals surface area contributed by atoms with Gasteiger partial charge >= 0.3 is 0 Å². The summed E-state index contributed by atoms with van der Waals surface area (Å²) in [6.07, 6.45) is -0.628. The van der Waals surface area contributed by atoms with Gasteiger partial charge in [-0.25, -0.2) is 0 Å². The molecule has 0 bridgehead atoms. The summed E-state index contributed by atoms with van der Waals surface area (Å²) in [5, 5.41) is 10.5. The lowest BCUT2D eigenvalue weighted by atomic mass is 10.1. The number of hydrogen-bond acceptors (Lipinski definition) is 6. The number of hydrogen-bond donors (Lipinski definition) is 1. The standard InChI is InChI=1S/C22H28N2O5/c1-27-19-10-21(29-3)20(28-2)9-17(19)12-23-13-18(25)14-24(22(26)15-23)11-16-7-5-4-6-8-16/h4-10,18,25H,11-15H2,1-3H3. The molecule has 1 unspecified atom stereocenters. The van der Waals surface area contributed by atoms with Crippen LogP contribution in [0.4, 0.5) is 0 Å². The second kappa shape index (κ2) is 9.62. The van der Waals surface area contributed by atoms with Crippen LogP contribution < -0.4 is 14.2 Å². The molecular formula is C22H28N2O5. The molecule has 1 aliphatic heterocycles. The van der Waals surface area contributed by atoms with Crippen molar-refractivity contribution in [2.75, 3.05) is 41.0 Å². The minimum Gasteiger partial charge on any atom is -0.496 e. The summed E-state index contributed by atoms with van der Waals surface area (Å²) in [5.74, 6) is 1.81. The van der Waals surface area contributed by atoms with Gasteiger partial charge in [0.1, 0.15) is 5.75 Å². The lowest BCUT2D eigenvalue weighted by molar-refractivity contribution is -0.132. The molecule has 1 amide bonds. The summed E-state index contributed by atoms with van der Waals surface area (Å²) in [5.41, 5.74) is 1.91. The summed E-state index contributed by atoms with van der Waals surface area (Å²) < 4.78 is 16.2. The molecule has 7 nitrogen and oxygen atoms in total. The van der Waals surface area contributed by atoms with Crippen LogP contribution >= 0.6 is 0 Å². The maximum absolute atomic E-state index is 12.8. The number of ether oxygens (including phenoxy) is 3.